The molecular weight excluding hydrogens is 288 g/mol. The third kappa shape index (κ3) is 5.66. The minimum atomic E-state index is -0.398. The smallest absolute Gasteiger partial charge is 0.410 e. The largest absolute Gasteiger partial charge is 0.444 e. The molecule has 2 heterocycles. The normalized spacial score (nSPS) is 23.1. The number of likely N-dealkylation sites (tertiary alicyclic amines) is 2. The van der Waals surface area contributed by atoms with E-state index in [9.17, 15) is 4.79 Å². The summed E-state index contributed by atoms with van der Waals surface area (Å²) < 4.78 is 5.50. The fourth-order valence-corrected chi connectivity index (χ4v) is 3.85. The summed E-state index contributed by atoms with van der Waals surface area (Å²) in [6, 6.07) is 0. The SMILES string of the molecule is CC(C)(C)CN1CCC2(CC1)CCN(C(=O)OC(C)(C)C)CC2. The van der Waals surface area contributed by atoms with E-state index in [1.165, 1.54) is 32.5 Å². The van der Waals surface area contributed by atoms with Gasteiger partial charge in [0.05, 0.1) is 0 Å². The quantitative estimate of drug-likeness (QED) is 0.726. The zero-order valence-electron chi connectivity index (χ0n) is 16.1. The first-order chi connectivity index (χ1) is 10.5. The summed E-state index contributed by atoms with van der Waals surface area (Å²) in [7, 11) is 0. The van der Waals surface area contributed by atoms with Gasteiger partial charge in [0, 0.05) is 19.6 Å². The number of hydrogen-bond donors (Lipinski definition) is 0. The Hall–Kier alpha value is -0.770. The van der Waals surface area contributed by atoms with Gasteiger partial charge in [0.15, 0.2) is 0 Å². The molecule has 0 bridgehead atoms. The highest BCUT2D eigenvalue weighted by atomic mass is 16.6. The average molecular weight is 325 g/mol. The molecule has 2 rings (SSSR count). The predicted octanol–water partition coefficient (Wildman–Crippen LogP) is 4.15. The molecule has 0 aliphatic carbocycles. The lowest BCUT2D eigenvalue weighted by Crippen LogP contribution is -2.50. The molecule has 0 saturated carbocycles. The van der Waals surface area contributed by atoms with Crippen LogP contribution in [0.5, 0.6) is 0 Å². The topological polar surface area (TPSA) is 32.8 Å². The molecule has 0 radical (unpaired) electrons. The highest BCUT2D eigenvalue weighted by Crippen LogP contribution is 2.41. The Morgan fingerprint density at radius 2 is 1.39 bits per heavy atom. The summed E-state index contributed by atoms with van der Waals surface area (Å²) >= 11 is 0. The third-order valence-corrected chi connectivity index (χ3v) is 5.09. The van der Waals surface area contributed by atoms with E-state index in [4.69, 9.17) is 4.74 Å². The van der Waals surface area contributed by atoms with Gasteiger partial charge in [-0.2, -0.15) is 0 Å². The van der Waals surface area contributed by atoms with E-state index in [1.807, 2.05) is 25.7 Å². The number of carbonyl (C=O) groups is 1. The lowest BCUT2D eigenvalue weighted by Gasteiger charge is -2.47. The molecule has 1 spiro atoms. The number of piperidine rings is 2. The van der Waals surface area contributed by atoms with E-state index in [0.29, 0.717) is 10.8 Å². The van der Waals surface area contributed by atoms with Crippen molar-refractivity contribution in [1.82, 2.24) is 9.80 Å². The Morgan fingerprint density at radius 1 is 0.913 bits per heavy atom. The fraction of sp³-hybridized carbons (Fsp3) is 0.947. The Bertz CT molecular complexity index is 402. The van der Waals surface area contributed by atoms with Crippen molar-refractivity contribution in [3.8, 4) is 0 Å². The molecule has 0 N–H and O–H groups in total. The second-order valence-electron chi connectivity index (χ2n) is 9.80. The van der Waals surface area contributed by atoms with Crippen LogP contribution in [0.2, 0.25) is 0 Å². The van der Waals surface area contributed by atoms with Crippen molar-refractivity contribution in [2.45, 2.75) is 72.8 Å². The van der Waals surface area contributed by atoms with Crippen molar-refractivity contribution < 1.29 is 9.53 Å². The fourth-order valence-electron chi connectivity index (χ4n) is 3.85. The highest BCUT2D eigenvalue weighted by Gasteiger charge is 2.39. The second-order valence-corrected chi connectivity index (χ2v) is 9.80. The molecule has 0 aromatic heterocycles. The lowest BCUT2D eigenvalue weighted by atomic mass is 9.71. The zero-order valence-corrected chi connectivity index (χ0v) is 16.1. The number of rotatable bonds is 1. The molecule has 2 aliphatic rings. The summed E-state index contributed by atoms with van der Waals surface area (Å²) in [6.45, 7) is 18.1. The average Bonchev–Trinajstić information content (AvgIpc) is 2.39. The number of nitrogens with zero attached hydrogens (tertiary/aromatic N) is 2. The number of ether oxygens (including phenoxy) is 1. The van der Waals surface area contributed by atoms with Gasteiger partial charge in [0.25, 0.3) is 0 Å². The van der Waals surface area contributed by atoms with Gasteiger partial charge in [-0.05, 0) is 70.4 Å². The molecule has 0 aromatic rings. The van der Waals surface area contributed by atoms with E-state index >= 15 is 0 Å². The van der Waals surface area contributed by atoms with Gasteiger partial charge in [-0.1, -0.05) is 20.8 Å². The maximum Gasteiger partial charge on any atom is 0.410 e. The Balaban J connectivity index is 1.80. The summed E-state index contributed by atoms with van der Waals surface area (Å²) in [6.07, 6.45) is 4.69. The predicted molar refractivity (Wildman–Crippen MR) is 94.6 cm³/mol. The monoisotopic (exact) mass is 324 g/mol. The summed E-state index contributed by atoms with van der Waals surface area (Å²) in [5, 5.41) is 0. The van der Waals surface area contributed by atoms with Crippen molar-refractivity contribution >= 4 is 6.09 Å². The summed E-state index contributed by atoms with van der Waals surface area (Å²) in [4.78, 5) is 16.7. The van der Waals surface area contributed by atoms with Gasteiger partial charge < -0.3 is 14.5 Å². The molecule has 1 amide bonds. The highest BCUT2D eigenvalue weighted by molar-refractivity contribution is 5.68. The minimum absolute atomic E-state index is 0.141. The van der Waals surface area contributed by atoms with E-state index in [1.54, 1.807) is 0 Å². The summed E-state index contributed by atoms with van der Waals surface area (Å²) in [5.41, 5.74) is 0.446. The van der Waals surface area contributed by atoms with Gasteiger partial charge in [0.2, 0.25) is 0 Å². The minimum Gasteiger partial charge on any atom is -0.444 e. The van der Waals surface area contributed by atoms with Crippen LogP contribution in [0.1, 0.15) is 67.2 Å². The van der Waals surface area contributed by atoms with E-state index < -0.39 is 5.60 Å². The van der Waals surface area contributed by atoms with Gasteiger partial charge in [-0.25, -0.2) is 4.79 Å². The van der Waals surface area contributed by atoms with Crippen molar-refractivity contribution in [3.05, 3.63) is 0 Å². The molecule has 2 saturated heterocycles. The summed E-state index contributed by atoms with van der Waals surface area (Å²) in [5.74, 6) is 0. The molecule has 0 aromatic carbocycles. The Morgan fingerprint density at radius 3 is 1.83 bits per heavy atom. The van der Waals surface area contributed by atoms with Crippen LogP contribution in [-0.2, 0) is 4.74 Å². The van der Waals surface area contributed by atoms with Crippen LogP contribution in [0.15, 0.2) is 0 Å². The Labute approximate surface area is 142 Å². The van der Waals surface area contributed by atoms with Crippen molar-refractivity contribution in [2.24, 2.45) is 10.8 Å². The van der Waals surface area contributed by atoms with Crippen LogP contribution in [0, 0.1) is 10.8 Å². The molecule has 4 heteroatoms. The maximum atomic E-state index is 12.2. The van der Waals surface area contributed by atoms with E-state index in [2.05, 4.69) is 25.7 Å². The van der Waals surface area contributed by atoms with Crippen LogP contribution < -0.4 is 0 Å². The standard InChI is InChI=1S/C19H36N2O2/c1-17(2,3)15-20-11-7-19(8-12-20)9-13-21(14-10-19)16(22)23-18(4,5)6/h7-15H2,1-6H3. The zero-order chi connectivity index (χ0) is 17.3. The van der Waals surface area contributed by atoms with E-state index in [-0.39, 0.29) is 6.09 Å². The molecule has 2 fully saturated rings. The van der Waals surface area contributed by atoms with Gasteiger partial charge in [-0.3, -0.25) is 0 Å². The molecule has 0 atom stereocenters. The first-order valence-corrected chi connectivity index (χ1v) is 9.18. The van der Waals surface area contributed by atoms with Crippen molar-refractivity contribution in [2.75, 3.05) is 32.7 Å². The van der Waals surface area contributed by atoms with Gasteiger partial charge >= 0.3 is 6.09 Å². The first-order valence-electron chi connectivity index (χ1n) is 9.18. The van der Waals surface area contributed by atoms with Crippen molar-refractivity contribution in [3.63, 3.8) is 0 Å². The molecule has 2 aliphatic heterocycles. The van der Waals surface area contributed by atoms with Crippen LogP contribution in [0.4, 0.5) is 4.79 Å². The molecular formula is C19H36N2O2. The molecule has 4 nitrogen and oxygen atoms in total. The molecule has 134 valence electrons. The molecule has 23 heavy (non-hydrogen) atoms. The van der Waals surface area contributed by atoms with Crippen LogP contribution in [0.25, 0.3) is 0 Å². The van der Waals surface area contributed by atoms with Crippen LogP contribution in [-0.4, -0.2) is 54.2 Å². The number of amides is 1. The number of carbonyl (C=O) groups excluding carboxylic acids is 1. The first kappa shape index (κ1) is 18.6. The van der Waals surface area contributed by atoms with Gasteiger partial charge in [-0.15, -0.1) is 0 Å². The second kappa shape index (κ2) is 6.62. The lowest BCUT2D eigenvalue weighted by molar-refractivity contribution is -0.00514. The Kier molecular flexibility index (Phi) is 5.34. The van der Waals surface area contributed by atoms with Crippen LogP contribution >= 0.6 is 0 Å². The van der Waals surface area contributed by atoms with Crippen LogP contribution in [0.3, 0.4) is 0 Å². The van der Waals surface area contributed by atoms with Crippen molar-refractivity contribution in [1.29, 1.82) is 0 Å². The third-order valence-electron chi connectivity index (χ3n) is 5.09. The van der Waals surface area contributed by atoms with E-state index in [0.717, 1.165) is 25.9 Å². The molecule has 0 unspecified atom stereocenters. The number of hydrogen-bond acceptors (Lipinski definition) is 3. The maximum absolute atomic E-state index is 12.2. The van der Waals surface area contributed by atoms with Gasteiger partial charge in [0.1, 0.15) is 5.60 Å².